The fourth-order valence-corrected chi connectivity index (χ4v) is 1.54. The van der Waals surface area contributed by atoms with E-state index < -0.39 is 0 Å². The Morgan fingerprint density at radius 2 is 2.00 bits per heavy atom. The van der Waals surface area contributed by atoms with Gasteiger partial charge in [-0.2, -0.15) is 0 Å². The molecule has 17 heavy (non-hydrogen) atoms. The number of ether oxygens (including phenoxy) is 1. The first-order valence-corrected chi connectivity index (χ1v) is 5.69. The molecule has 0 saturated carbocycles. The minimum Gasteiger partial charge on any atom is -0.383 e. The number of benzene rings is 1. The molecule has 1 aromatic rings. The molecule has 4 nitrogen and oxygen atoms in total. The number of carbonyl (C=O) groups is 1. The summed E-state index contributed by atoms with van der Waals surface area (Å²) in [5.41, 5.74) is 7.71. The maximum atomic E-state index is 11.6. The lowest BCUT2D eigenvalue weighted by Crippen LogP contribution is -2.37. The average Bonchev–Trinajstić information content (AvgIpc) is 2.36. The standard InChI is InChI=1S/C13H20N2O2/c1-11-3-5-12(6-4-11)10-15(7-8-17-2)13(16)9-14/h3-6H,7-10,14H2,1-2H3. The zero-order valence-electron chi connectivity index (χ0n) is 10.5. The van der Waals surface area contributed by atoms with Gasteiger partial charge in [-0.15, -0.1) is 0 Å². The third-order valence-corrected chi connectivity index (χ3v) is 2.59. The molecule has 0 unspecified atom stereocenters. The van der Waals surface area contributed by atoms with Crippen LogP contribution in [-0.2, 0) is 16.1 Å². The van der Waals surface area contributed by atoms with Crippen molar-refractivity contribution in [3.8, 4) is 0 Å². The zero-order valence-corrected chi connectivity index (χ0v) is 10.5. The number of carbonyl (C=O) groups excluding carboxylic acids is 1. The average molecular weight is 236 g/mol. The van der Waals surface area contributed by atoms with Crippen molar-refractivity contribution in [2.45, 2.75) is 13.5 Å². The number of hydrogen-bond acceptors (Lipinski definition) is 3. The summed E-state index contributed by atoms with van der Waals surface area (Å²) in [4.78, 5) is 13.4. The summed E-state index contributed by atoms with van der Waals surface area (Å²) in [5, 5.41) is 0. The van der Waals surface area contributed by atoms with Crippen LogP contribution in [-0.4, -0.2) is 37.6 Å². The highest BCUT2D eigenvalue weighted by atomic mass is 16.5. The summed E-state index contributed by atoms with van der Waals surface area (Å²) >= 11 is 0. The molecule has 0 aliphatic rings. The molecule has 4 heteroatoms. The van der Waals surface area contributed by atoms with Crippen molar-refractivity contribution in [3.05, 3.63) is 35.4 Å². The Hall–Kier alpha value is -1.39. The Labute approximate surface area is 102 Å². The summed E-state index contributed by atoms with van der Waals surface area (Å²) < 4.78 is 4.99. The summed E-state index contributed by atoms with van der Waals surface area (Å²) in [7, 11) is 1.62. The van der Waals surface area contributed by atoms with E-state index in [2.05, 4.69) is 0 Å². The predicted octanol–water partition coefficient (Wildman–Crippen LogP) is 0.929. The van der Waals surface area contributed by atoms with Crippen molar-refractivity contribution >= 4 is 5.91 Å². The van der Waals surface area contributed by atoms with Gasteiger partial charge in [-0.1, -0.05) is 29.8 Å². The Balaban J connectivity index is 2.64. The summed E-state index contributed by atoms with van der Waals surface area (Å²) in [6, 6.07) is 8.13. The third kappa shape index (κ3) is 4.54. The molecule has 0 atom stereocenters. The SMILES string of the molecule is COCCN(Cc1ccc(C)cc1)C(=O)CN. The summed E-state index contributed by atoms with van der Waals surface area (Å²) in [6.45, 7) is 3.75. The fourth-order valence-electron chi connectivity index (χ4n) is 1.54. The van der Waals surface area contributed by atoms with Gasteiger partial charge in [0.2, 0.25) is 5.91 Å². The Bertz CT molecular complexity index is 349. The van der Waals surface area contributed by atoms with Crippen LogP contribution < -0.4 is 5.73 Å². The van der Waals surface area contributed by atoms with E-state index in [0.29, 0.717) is 19.7 Å². The van der Waals surface area contributed by atoms with Crippen LogP contribution in [0.25, 0.3) is 0 Å². The maximum absolute atomic E-state index is 11.6. The molecule has 0 aromatic heterocycles. The van der Waals surface area contributed by atoms with Crippen LogP contribution in [0, 0.1) is 6.92 Å². The van der Waals surface area contributed by atoms with E-state index in [1.165, 1.54) is 5.56 Å². The van der Waals surface area contributed by atoms with E-state index >= 15 is 0 Å². The molecule has 0 fully saturated rings. The van der Waals surface area contributed by atoms with Crippen molar-refractivity contribution in [2.75, 3.05) is 26.8 Å². The van der Waals surface area contributed by atoms with Gasteiger partial charge in [0.25, 0.3) is 0 Å². The Morgan fingerprint density at radius 3 is 2.53 bits per heavy atom. The highest BCUT2D eigenvalue weighted by molar-refractivity contribution is 5.78. The molecule has 1 amide bonds. The fraction of sp³-hybridized carbons (Fsp3) is 0.462. The van der Waals surface area contributed by atoms with Gasteiger partial charge >= 0.3 is 0 Å². The van der Waals surface area contributed by atoms with Gasteiger partial charge in [0.1, 0.15) is 0 Å². The molecule has 0 aliphatic carbocycles. The molecule has 0 radical (unpaired) electrons. The monoisotopic (exact) mass is 236 g/mol. The minimum atomic E-state index is -0.0531. The maximum Gasteiger partial charge on any atom is 0.236 e. The van der Waals surface area contributed by atoms with Gasteiger partial charge in [-0.3, -0.25) is 4.79 Å². The van der Waals surface area contributed by atoms with Crippen molar-refractivity contribution in [3.63, 3.8) is 0 Å². The number of amides is 1. The first-order valence-electron chi connectivity index (χ1n) is 5.69. The number of aryl methyl sites for hydroxylation is 1. The largest absolute Gasteiger partial charge is 0.383 e. The van der Waals surface area contributed by atoms with Gasteiger partial charge in [-0.25, -0.2) is 0 Å². The lowest BCUT2D eigenvalue weighted by Gasteiger charge is -2.21. The zero-order chi connectivity index (χ0) is 12.7. The van der Waals surface area contributed by atoms with Gasteiger partial charge in [0.15, 0.2) is 0 Å². The van der Waals surface area contributed by atoms with E-state index in [4.69, 9.17) is 10.5 Å². The summed E-state index contributed by atoms with van der Waals surface area (Å²) in [6.07, 6.45) is 0. The van der Waals surface area contributed by atoms with Gasteiger partial charge < -0.3 is 15.4 Å². The molecule has 0 spiro atoms. The molecule has 2 N–H and O–H groups in total. The van der Waals surface area contributed by atoms with Crippen LogP contribution >= 0.6 is 0 Å². The van der Waals surface area contributed by atoms with Crippen LogP contribution in [0.2, 0.25) is 0 Å². The van der Waals surface area contributed by atoms with Crippen molar-refractivity contribution in [1.82, 2.24) is 4.90 Å². The summed E-state index contributed by atoms with van der Waals surface area (Å²) in [5.74, 6) is -0.0531. The smallest absolute Gasteiger partial charge is 0.236 e. The van der Waals surface area contributed by atoms with E-state index in [-0.39, 0.29) is 12.5 Å². The van der Waals surface area contributed by atoms with Gasteiger partial charge in [0, 0.05) is 20.2 Å². The molecular formula is C13H20N2O2. The van der Waals surface area contributed by atoms with Crippen LogP contribution in [0.4, 0.5) is 0 Å². The van der Waals surface area contributed by atoms with E-state index in [9.17, 15) is 4.79 Å². The highest BCUT2D eigenvalue weighted by Gasteiger charge is 2.11. The quantitative estimate of drug-likeness (QED) is 0.799. The van der Waals surface area contributed by atoms with Crippen LogP contribution in [0.3, 0.4) is 0 Å². The molecule has 1 aromatic carbocycles. The van der Waals surface area contributed by atoms with E-state index in [0.717, 1.165) is 5.56 Å². The van der Waals surface area contributed by atoms with E-state index in [1.54, 1.807) is 12.0 Å². The third-order valence-electron chi connectivity index (χ3n) is 2.59. The number of nitrogens with two attached hydrogens (primary N) is 1. The van der Waals surface area contributed by atoms with Crippen LogP contribution in [0.15, 0.2) is 24.3 Å². The molecule has 0 aliphatic heterocycles. The molecular weight excluding hydrogens is 216 g/mol. The van der Waals surface area contributed by atoms with Gasteiger partial charge in [-0.05, 0) is 12.5 Å². The second kappa shape index (κ2) is 7.04. The first-order chi connectivity index (χ1) is 8.17. The normalized spacial score (nSPS) is 10.3. The number of rotatable bonds is 6. The second-order valence-corrected chi connectivity index (χ2v) is 4.00. The molecule has 0 saturated heterocycles. The van der Waals surface area contributed by atoms with Crippen molar-refractivity contribution in [1.29, 1.82) is 0 Å². The first kappa shape index (κ1) is 13.7. The van der Waals surface area contributed by atoms with Crippen LogP contribution in [0.5, 0.6) is 0 Å². The minimum absolute atomic E-state index is 0.0373. The van der Waals surface area contributed by atoms with Crippen LogP contribution in [0.1, 0.15) is 11.1 Å². The number of nitrogens with zero attached hydrogens (tertiary/aromatic N) is 1. The van der Waals surface area contributed by atoms with E-state index in [1.807, 2.05) is 31.2 Å². The highest BCUT2D eigenvalue weighted by Crippen LogP contribution is 2.07. The van der Waals surface area contributed by atoms with Crippen molar-refractivity contribution < 1.29 is 9.53 Å². The predicted molar refractivity (Wildman–Crippen MR) is 67.5 cm³/mol. The second-order valence-electron chi connectivity index (χ2n) is 4.00. The molecule has 0 heterocycles. The molecule has 94 valence electrons. The Kier molecular flexibility index (Phi) is 5.66. The number of hydrogen-bond donors (Lipinski definition) is 1. The Morgan fingerprint density at radius 1 is 1.35 bits per heavy atom. The molecule has 0 bridgehead atoms. The molecule has 1 rings (SSSR count). The lowest BCUT2D eigenvalue weighted by molar-refractivity contribution is -0.130. The lowest BCUT2D eigenvalue weighted by atomic mass is 10.1. The van der Waals surface area contributed by atoms with Crippen molar-refractivity contribution in [2.24, 2.45) is 5.73 Å². The topological polar surface area (TPSA) is 55.6 Å². The number of methoxy groups -OCH3 is 1. The van der Waals surface area contributed by atoms with Gasteiger partial charge in [0.05, 0.1) is 13.2 Å².